The Morgan fingerprint density at radius 3 is 2.82 bits per heavy atom. The van der Waals surface area contributed by atoms with Crippen molar-refractivity contribution in [1.29, 1.82) is 0 Å². The first-order valence-corrected chi connectivity index (χ1v) is 7.21. The monoisotopic (exact) mass is 309 g/mol. The second kappa shape index (κ2) is 9.94. The van der Waals surface area contributed by atoms with Gasteiger partial charge >= 0.3 is 0 Å². The molecule has 0 fully saturated rings. The number of benzene rings is 1. The molecule has 0 aliphatic rings. The molecule has 0 bridgehead atoms. The van der Waals surface area contributed by atoms with Gasteiger partial charge in [-0.15, -0.1) is 0 Å². The summed E-state index contributed by atoms with van der Waals surface area (Å²) in [5.41, 5.74) is 2.20. The van der Waals surface area contributed by atoms with E-state index in [0.717, 1.165) is 0 Å². The SMILES string of the molecule is C[C@@H](CC/C=C/C(=O)NO)[C@@H](O)c1ccccc1OCCO. The van der Waals surface area contributed by atoms with E-state index in [9.17, 15) is 9.90 Å². The number of allylic oxidation sites excluding steroid dienone is 1. The summed E-state index contributed by atoms with van der Waals surface area (Å²) >= 11 is 0. The van der Waals surface area contributed by atoms with Gasteiger partial charge in [-0.3, -0.25) is 10.0 Å². The summed E-state index contributed by atoms with van der Waals surface area (Å²) in [5.74, 6) is -0.0530. The van der Waals surface area contributed by atoms with Gasteiger partial charge in [0.05, 0.1) is 12.7 Å². The van der Waals surface area contributed by atoms with Crippen molar-refractivity contribution < 1.29 is 25.0 Å². The van der Waals surface area contributed by atoms with E-state index in [1.54, 1.807) is 18.2 Å². The summed E-state index contributed by atoms with van der Waals surface area (Å²) in [7, 11) is 0. The van der Waals surface area contributed by atoms with E-state index in [0.29, 0.717) is 24.2 Å². The predicted octanol–water partition coefficient (Wildman–Crippen LogP) is 1.57. The normalized spacial score (nSPS) is 13.8. The van der Waals surface area contributed by atoms with Gasteiger partial charge in [-0.25, -0.2) is 5.48 Å². The lowest BCUT2D eigenvalue weighted by Gasteiger charge is -2.21. The Hall–Kier alpha value is -1.89. The summed E-state index contributed by atoms with van der Waals surface area (Å²) in [6, 6.07) is 7.18. The maximum Gasteiger partial charge on any atom is 0.267 e. The average molecular weight is 309 g/mol. The first-order chi connectivity index (χ1) is 10.6. The molecule has 1 aromatic carbocycles. The van der Waals surface area contributed by atoms with E-state index in [1.165, 1.54) is 11.6 Å². The first-order valence-electron chi connectivity index (χ1n) is 7.21. The number of hydrogen-bond donors (Lipinski definition) is 4. The van der Waals surface area contributed by atoms with Gasteiger partial charge in [-0.1, -0.05) is 31.2 Å². The molecule has 0 aromatic heterocycles. The third kappa shape index (κ3) is 5.85. The quantitative estimate of drug-likeness (QED) is 0.315. The molecule has 0 saturated heterocycles. The van der Waals surface area contributed by atoms with Crippen molar-refractivity contribution in [3.05, 3.63) is 42.0 Å². The highest BCUT2D eigenvalue weighted by atomic mass is 16.5. The Labute approximate surface area is 130 Å². The number of carbonyl (C=O) groups is 1. The zero-order chi connectivity index (χ0) is 16.4. The van der Waals surface area contributed by atoms with E-state index in [4.69, 9.17) is 15.1 Å². The minimum atomic E-state index is -0.699. The van der Waals surface area contributed by atoms with Crippen molar-refractivity contribution in [3.63, 3.8) is 0 Å². The van der Waals surface area contributed by atoms with Crippen molar-refractivity contribution in [2.45, 2.75) is 25.9 Å². The number of hydrogen-bond acceptors (Lipinski definition) is 5. The zero-order valence-electron chi connectivity index (χ0n) is 12.6. The summed E-state index contributed by atoms with van der Waals surface area (Å²) in [6.07, 6.45) is 3.46. The Bertz CT molecular complexity index is 489. The third-order valence-electron chi connectivity index (χ3n) is 3.29. The zero-order valence-corrected chi connectivity index (χ0v) is 12.6. The van der Waals surface area contributed by atoms with Gasteiger partial charge < -0.3 is 14.9 Å². The molecule has 0 aliphatic heterocycles. The van der Waals surface area contributed by atoms with E-state index >= 15 is 0 Å². The molecule has 6 nitrogen and oxygen atoms in total. The molecule has 1 aromatic rings. The van der Waals surface area contributed by atoms with Gasteiger partial charge in [-0.2, -0.15) is 0 Å². The van der Waals surface area contributed by atoms with Crippen molar-refractivity contribution in [2.24, 2.45) is 5.92 Å². The Morgan fingerprint density at radius 1 is 1.41 bits per heavy atom. The van der Waals surface area contributed by atoms with Crippen LogP contribution in [0.15, 0.2) is 36.4 Å². The van der Waals surface area contributed by atoms with E-state index in [2.05, 4.69) is 0 Å². The van der Waals surface area contributed by atoms with Crippen LogP contribution in [0, 0.1) is 5.92 Å². The average Bonchev–Trinajstić information content (AvgIpc) is 2.55. The van der Waals surface area contributed by atoms with Gasteiger partial charge in [0.1, 0.15) is 12.4 Å². The molecule has 2 atom stereocenters. The number of aliphatic hydroxyl groups is 2. The number of aliphatic hydroxyl groups excluding tert-OH is 2. The van der Waals surface area contributed by atoms with Crippen molar-refractivity contribution in [1.82, 2.24) is 5.48 Å². The first kappa shape index (κ1) is 18.2. The Morgan fingerprint density at radius 2 is 2.14 bits per heavy atom. The molecule has 0 heterocycles. The maximum atomic E-state index is 10.8. The second-order valence-electron chi connectivity index (χ2n) is 4.99. The highest BCUT2D eigenvalue weighted by Gasteiger charge is 2.19. The number of carbonyl (C=O) groups excluding carboxylic acids is 1. The molecule has 1 rings (SSSR count). The van der Waals surface area contributed by atoms with Crippen LogP contribution >= 0.6 is 0 Å². The van der Waals surface area contributed by atoms with Gasteiger partial charge in [0, 0.05) is 11.6 Å². The minimum absolute atomic E-state index is 0.0410. The highest BCUT2D eigenvalue weighted by molar-refractivity contribution is 5.86. The molecular weight excluding hydrogens is 286 g/mol. The molecule has 4 N–H and O–H groups in total. The van der Waals surface area contributed by atoms with Crippen molar-refractivity contribution in [2.75, 3.05) is 13.2 Å². The summed E-state index contributed by atoms with van der Waals surface area (Å²) < 4.78 is 5.42. The van der Waals surface area contributed by atoms with Crippen LogP contribution in [0.4, 0.5) is 0 Å². The van der Waals surface area contributed by atoms with Crippen LogP contribution < -0.4 is 10.2 Å². The fraction of sp³-hybridized carbons (Fsp3) is 0.438. The fourth-order valence-electron chi connectivity index (χ4n) is 2.06. The highest BCUT2D eigenvalue weighted by Crippen LogP contribution is 2.32. The molecule has 6 heteroatoms. The summed E-state index contributed by atoms with van der Waals surface area (Å²) in [5, 5.41) is 27.6. The van der Waals surface area contributed by atoms with Crippen LogP contribution in [0.2, 0.25) is 0 Å². The van der Waals surface area contributed by atoms with Crippen LogP contribution in [0.5, 0.6) is 5.75 Å². The van der Waals surface area contributed by atoms with Gasteiger partial charge in [-0.05, 0) is 24.8 Å². The number of amides is 1. The summed E-state index contributed by atoms with van der Waals surface area (Å²) in [4.78, 5) is 10.8. The Kier molecular flexibility index (Phi) is 8.21. The topological polar surface area (TPSA) is 99.0 Å². The van der Waals surface area contributed by atoms with E-state index < -0.39 is 12.0 Å². The predicted molar refractivity (Wildman–Crippen MR) is 81.4 cm³/mol. The van der Waals surface area contributed by atoms with Crippen molar-refractivity contribution >= 4 is 5.91 Å². The summed E-state index contributed by atoms with van der Waals surface area (Å²) in [6.45, 7) is 2.00. The molecular formula is C16H23NO5. The lowest BCUT2D eigenvalue weighted by atomic mass is 9.92. The van der Waals surface area contributed by atoms with Crippen LogP contribution in [0.25, 0.3) is 0 Å². The van der Waals surface area contributed by atoms with Crippen LogP contribution in [0.1, 0.15) is 31.4 Å². The third-order valence-corrected chi connectivity index (χ3v) is 3.29. The van der Waals surface area contributed by atoms with Crippen LogP contribution in [0.3, 0.4) is 0 Å². The maximum absolute atomic E-state index is 10.8. The lowest BCUT2D eigenvalue weighted by molar-refractivity contribution is -0.124. The molecule has 122 valence electrons. The van der Waals surface area contributed by atoms with Gasteiger partial charge in [0.2, 0.25) is 0 Å². The molecule has 0 aliphatic carbocycles. The van der Waals surface area contributed by atoms with Gasteiger partial charge in [0.15, 0.2) is 0 Å². The largest absolute Gasteiger partial charge is 0.491 e. The number of ether oxygens (including phenoxy) is 1. The fourth-order valence-corrected chi connectivity index (χ4v) is 2.06. The molecule has 0 unspecified atom stereocenters. The second-order valence-corrected chi connectivity index (χ2v) is 4.99. The molecule has 0 radical (unpaired) electrons. The van der Waals surface area contributed by atoms with E-state index in [-0.39, 0.29) is 19.1 Å². The number of nitrogens with one attached hydrogen (secondary N) is 1. The minimum Gasteiger partial charge on any atom is -0.491 e. The van der Waals surface area contributed by atoms with E-state index in [1.807, 2.05) is 19.1 Å². The molecule has 22 heavy (non-hydrogen) atoms. The molecule has 0 spiro atoms. The number of rotatable bonds is 9. The van der Waals surface area contributed by atoms with Crippen molar-refractivity contribution in [3.8, 4) is 5.75 Å². The Balaban J connectivity index is 2.60. The number of hydroxylamine groups is 1. The smallest absolute Gasteiger partial charge is 0.267 e. The molecule has 0 saturated carbocycles. The standard InChI is InChI=1S/C16H23NO5/c1-12(6-2-5-9-15(19)17-21)16(20)13-7-3-4-8-14(13)22-11-10-18/h3-5,7-9,12,16,18,20-21H,2,6,10-11H2,1H3,(H,17,19)/b9-5+/t12-,16+/m0/s1. The van der Waals surface area contributed by atoms with Crippen LogP contribution in [-0.2, 0) is 4.79 Å². The number of para-hydroxylation sites is 1. The van der Waals surface area contributed by atoms with Crippen LogP contribution in [-0.4, -0.2) is 34.5 Å². The molecule has 1 amide bonds. The van der Waals surface area contributed by atoms with Gasteiger partial charge in [0.25, 0.3) is 5.91 Å². The lowest BCUT2D eigenvalue weighted by Crippen LogP contribution is -2.15.